The van der Waals surface area contributed by atoms with Gasteiger partial charge in [0.15, 0.2) is 0 Å². The molecule has 2 unspecified atom stereocenters. The lowest BCUT2D eigenvalue weighted by Gasteiger charge is -2.26. The molecule has 0 aliphatic heterocycles. The Kier molecular flexibility index (Phi) is 4.71. The molecule has 16 heavy (non-hydrogen) atoms. The first-order valence-electron chi connectivity index (χ1n) is 5.54. The maximum Gasteiger partial charge on any atom is 0.126 e. The molecule has 0 aromatic carbocycles. The number of rotatable bonds is 5. The highest BCUT2D eigenvalue weighted by Crippen LogP contribution is 2.15. The Morgan fingerprint density at radius 2 is 2.12 bits per heavy atom. The normalized spacial score (nSPS) is 15.1. The third kappa shape index (κ3) is 3.18. The molecule has 90 valence electrons. The standard InChI is InChI=1S/C12H21N3O/c1-8(2)11(16-3)10(13)7-9-5-4-6-15-12(9)14/h4-6,8,10-11H,7,13H2,1-3H3,(H2,14,15). The molecule has 4 nitrogen and oxygen atoms in total. The fraction of sp³-hybridized carbons (Fsp3) is 0.583. The van der Waals surface area contributed by atoms with E-state index in [-0.39, 0.29) is 12.1 Å². The first-order valence-corrected chi connectivity index (χ1v) is 5.54. The summed E-state index contributed by atoms with van der Waals surface area (Å²) in [6, 6.07) is 3.77. The van der Waals surface area contributed by atoms with Crippen molar-refractivity contribution in [3.63, 3.8) is 0 Å². The van der Waals surface area contributed by atoms with Gasteiger partial charge in [0.1, 0.15) is 5.82 Å². The van der Waals surface area contributed by atoms with Gasteiger partial charge in [0.25, 0.3) is 0 Å². The Hall–Kier alpha value is -1.13. The molecule has 0 amide bonds. The van der Waals surface area contributed by atoms with Gasteiger partial charge in [0, 0.05) is 19.3 Å². The first kappa shape index (κ1) is 12.9. The molecule has 1 rings (SSSR count). The van der Waals surface area contributed by atoms with E-state index in [4.69, 9.17) is 16.2 Å². The minimum Gasteiger partial charge on any atom is -0.383 e. The van der Waals surface area contributed by atoms with Gasteiger partial charge in [-0.05, 0) is 24.0 Å². The Morgan fingerprint density at radius 1 is 1.44 bits per heavy atom. The number of methoxy groups -OCH3 is 1. The molecule has 1 aromatic heterocycles. The zero-order valence-corrected chi connectivity index (χ0v) is 10.2. The van der Waals surface area contributed by atoms with Gasteiger partial charge in [-0.15, -0.1) is 0 Å². The molecular formula is C12H21N3O. The third-order valence-corrected chi connectivity index (χ3v) is 2.73. The summed E-state index contributed by atoms with van der Waals surface area (Å²) in [6.07, 6.45) is 2.41. The van der Waals surface area contributed by atoms with Crippen molar-refractivity contribution in [1.29, 1.82) is 0 Å². The van der Waals surface area contributed by atoms with E-state index >= 15 is 0 Å². The van der Waals surface area contributed by atoms with Crippen molar-refractivity contribution < 1.29 is 4.74 Å². The van der Waals surface area contributed by atoms with Crippen molar-refractivity contribution in [3.05, 3.63) is 23.9 Å². The van der Waals surface area contributed by atoms with Crippen molar-refractivity contribution >= 4 is 5.82 Å². The van der Waals surface area contributed by atoms with E-state index in [0.717, 1.165) is 5.56 Å². The van der Waals surface area contributed by atoms with Gasteiger partial charge >= 0.3 is 0 Å². The van der Waals surface area contributed by atoms with Crippen LogP contribution in [-0.4, -0.2) is 24.2 Å². The van der Waals surface area contributed by atoms with Crippen LogP contribution in [0.1, 0.15) is 19.4 Å². The molecule has 0 radical (unpaired) electrons. The van der Waals surface area contributed by atoms with Crippen LogP contribution < -0.4 is 11.5 Å². The summed E-state index contributed by atoms with van der Waals surface area (Å²) in [6.45, 7) is 4.20. The summed E-state index contributed by atoms with van der Waals surface area (Å²) in [5, 5.41) is 0. The van der Waals surface area contributed by atoms with Gasteiger partial charge in [-0.3, -0.25) is 0 Å². The van der Waals surface area contributed by atoms with Crippen LogP contribution >= 0.6 is 0 Å². The number of nitrogens with zero attached hydrogens (tertiary/aromatic N) is 1. The van der Waals surface area contributed by atoms with Crippen LogP contribution in [0.5, 0.6) is 0 Å². The summed E-state index contributed by atoms with van der Waals surface area (Å²) in [5.74, 6) is 0.939. The van der Waals surface area contributed by atoms with Crippen LogP contribution in [0, 0.1) is 5.92 Å². The zero-order chi connectivity index (χ0) is 12.1. The Morgan fingerprint density at radius 3 is 2.62 bits per heavy atom. The van der Waals surface area contributed by atoms with Crippen molar-refractivity contribution in [2.75, 3.05) is 12.8 Å². The minimum atomic E-state index is -0.0588. The number of hydrogen-bond acceptors (Lipinski definition) is 4. The molecule has 0 aliphatic rings. The summed E-state index contributed by atoms with van der Waals surface area (Å²) in [7, 11) is 1.69. The van der Waals surface area contributed by atoms with E-state index in [1.165, 1.54) is 0 Å². The fourth-order valence-corrected chi connectivity index (χ4v) is 1.93. The lowest BCUT2D eigenvalue weighted by atomic mass is 9.95. The van der Waals surface area contributed by atoms with Gasteiger partial charge < -0.3 is 16.2 Å². The monoisotopic (exact) mass is 223 g/mol. The quantitative estimate of drug-likeness (QED) is 0.786. The average Bonchev–Trinajstić information content (AvgIpc) is 2.22. The maximum absolute atomic E-state index is 6.12. The van der Waals surface area contributed by atoms with Crippen LogP contribution in [0.25, 0.3) is 0 Å². The van der Waals surface area contributed by atoms with E-state index < -0.39 is 0 Å². The topological polar surface area (TPSA) is 74.2 Å². The van der Waals surface area contributed by atoms with E-state index in [0.29, 0.717) is 18.2 Å². The van der Waals surface area contributed by atoms with Crippen molar-refractivity contribution in [1.82, 2.24) is 4.98 Å². The molecule has 1 aromatic rings. The number of ether oxygens (including phenoxy) is 1. The fourth-order valence-electron chi connectivity index (χ4n) is 1.93. The molecule has 0 spiro atoms. The smallest absolute Gasteiger partial charge is 0.126 e. The second-order valence-electron chi connectivity index (χ2n) is 4.36. The number of anilines is 1. The van der Waals surface area contributed by atoms with Gasteiger partial charge in [0.05, 0.1) is 6.10 Å². The SMILES string of the molecule is COC(C(C)C)C(N)Cc1cccnc1N. The number of nitrogen functional groups attached to an aromatic ring is 1. The first-order chi connectivity index (χ1) is 7.56. The zero-order valence-electron chi connectivity index (χ0n) is 10.2. The highest BCUT2D eigenvalue weighted by molar-refractivity contribution is 5.38. The number of nitrogens with two attached hydrogens (primary N) is 2. The van der Waals surface area contributed by atoms with Gasteiger partial charge in [-0.1, -0.05) is 19.9 Å². The number of hydrogen-bond donors (Lipinski definition) is 2. The Balaban J connectivity index is 2.70. The van der Waals surface area contributed by atoms with E-state index in [1.54, 1.807) is 13.3 Å². The maximum atomic E-state index is 6.12. The summed E-state index contributed by atoms with van der Waals surface area (Å²) >= 11 is 0. The van der Waals surface area contributed by atoms with E-state index in [9.17, 15) is 0 Å². The molecule has 4 N–H and O–H groups in total. The predicted molar refractivity (Wildman–Crippen MR) is 66.0 cm³/mol. The molecule has 0 aliphatic carbocycles. The minimum absolute atomic E-state index is 0.0413. The summed E-state index contributed by atoms with van der Waals surface area (Å²) < 4.78 is 5.40. The lowest BCUT2D eigenvalue weighted by Crippen LogP contribution is -2.41. The van der Waals surface area contributed by atoms with Gasteiger partial charge in [-0.2, -0.15) is 0 Å². The lowest BCUT2D eigenvalue weighted by molar-refractivity contribution is 0.0442. The van der Waals surface area contributed by atoms with Crippen LogP contribution in [-0.2, 0) is 11.2 Å². The van der Waals surface area contributed by atoms with Crippen LogP contribution in [0.15, 0.2) is 18.3 Å². The molecule has 4 heteroatoms. The molecule has 2 atom stereocenters. The summed E-state index contributed by atoms with van der Waals surface area (Å²) in [5.41, 5.74) is 12.9. The molecular weight excluding hydrogens is 202 g/mol. The second kappa shape index (κ2) is 5.82. The van der Waals surface area contributed by atoms with Crippen LogP contribution in [0.4, 0.5) is 5.82 Å². The van der Waals surface area contributed by atoms with Crippen molar-refractivity contribution in [2.24, 2.45) is 11.7 Å². The predicted octanol–water partition coefficient (Wildman–Crippen LogP) is 1.20. The molecule has 1 heterocycles. The second-order valence-corrected chi connectivity index (χ2v) is 4.36. The number of aromatic nitrogens is 1. The Bertz CT molecular complexity index is 328. The van der Waals surface area contributed by atoms with E-state index in [2.05, 4.69) is 18.8 Å². The van der Waals surface area contributed by atoms with Crippen LogP contribution in [0.2, 0.25) is 0 Å². The van der Waals surface area contributed by atoms with Gasteiger partial charge in [-0.25, -0.2) is 4.98 Å². The Labute approximate surface area is 97.0 Å². The molecule has 0 saturated heterocycles. The molecule has 0 fully saturated rings. The summed E-state index contributed by atoms with van der Waals surface area (Å²) in [4.78, 5) is 4.04. The number of pyridine rings is 1. The highest BCUT2D eigenvalue weighted by atomic mass is 16.5. The molecule has 0 bridgehead atoms. The molecule has 0 saturated carbocycles. The van der Waals surface area contributed by atoms with Crippen molar-refractivity contribution in [3.8, 4) is 0 Å². The van der Waals surface area contributed by atoms with Crippen molar-refractivity contribution in [2.45, 2.75) is 32.4 Å². The van der Waals surface area contributed by atoms with Gasteiger partial charge in [0.2, 0.25) is 0 Å². The highest BCUT2D eigenvalue weighted by Gasteiger charge is 2.21. The third-order valence-electron chi connectivity index (χ3n) is 2.73. The average molecular weight is 223 g/mol. The van der Waals surface area contributed by atoms with E-state index in [1.807, 2.05) is 12.1 Å². The largest absolute Gasteiger partial charge is 0.383 e. The van der Waals surface area contributed by atoms with Crippen LogP contribution in [0.3, 0.4) is 0 Å².